The zero-order chi connectivity index (χ0) is 14.7. The summed E-state index contributed by atoms with van der Waals surface area (Å²) in [5, 5.41) is 0.745. The summed E-state index contributed by atoms with van der Waals surface area (Å²) < 4.78 is 5.50. The largest absolute Gasteiger partial charge is 0.496 e. The van der Waals surface area contributed by atoms with Crippen molar-refractivity contribution in [1.82, 2.24) is 4.90 Å². The number of hydrogen-bond acceptors (Lipinski definition) is 3. The predicted octanol–water partition coefficient (Wildman–Crippen LogP) is 3.47. The van der Waals surface area contributed by atoms with E-state index in [1.807, 2.05) is 18.2 Å². The average Bonchev–Trinajstić information content (AvgIpc) is 3.23. The molecule has 1 saturated carbocycles. The van der Waals surface area contributed by atoms with Crippen LogP contribution in [0.1, 0.15) is 38.3 Å². The second kappa shape index (κ2) is 6.79. The molecule has 4 heteroatoms. The van der Waals surface area contributed by atoms with Gasteiger partial charge in [0.15, 0.2) is 0 Å². The lowest BCUT2D eigenvalue weighted by atomic mass is 10.0. The van der Waals surface area contributed by atoms with Crippen molar-refractivity contribution in [2.24, 2.45) is 11.7 Å². The van der Waals surface area contributed by atoms with Gasteiger partial charge in [-0.05, 0) is 30.9 Å². The van der Waals surface area contributed by atoms with Gasteiger partial charge in [0, 0.05) is 29.7 Å². The molecule has 0 aliphatic heterocycles. The molecule has 1 aliphatic carbocycles. The molecular formula is C16H25ClN2O. The molecule has 2 rings (SSSR count). The van der Waals surface area contributed by atoms with E-state index in [4.69, 9.17) is 22.1 Å². The van der Waals surface area contributed by atoms with Gasteiger partial charge >= 0.3 is 0 Å². The molecule has 1 unspecified atom stereocenters. The number of nitrogens with zero attached hydrogens (tertiary/aromatic N) is 1. The Kier molecular flexibility index (Phi) is 5.30. The van der Waals surface area contributed by atoms with Crippen LogP contribution in [0.2, 0.25) is 5.02 Å². The van der Waals surface area contributed by atoms with E-state index >= 15 is 0 Å². The molecule has 1 fully saturated rings. The Morgan fingerprint density at radius 3 is 2.60 bits per heavy atom. The summed E-state index contributed by atoms with van der Waals surface area (Å²) in [6.07, 6.45) is 2.52. The molecular weight excluding hydrogens is 272 g/mol. The van der Waals surface area contributed by atoms with Gasteiger partial charge in [0.1, 0.15) is 5.75 Å². The summed E-state index contributed by atoms with van der Waals surface area (Å²) in [5.41, 5.74) is 7.12. The first-order valence-electron chi connectivity index (χ1n) is 7.36. The first-order chi connectivity index (χ1) is 9.58. The van der Waals surface area contributed by atoms with Crippen LogP contribution in [0, 0.1) is 5.92 Å². The van der Waals surface area contributed by atoms with E-state index in [1.165, 1.54) is 12.8 Å². The van der Waals surface area contributed by atoms with E-state index in [1.54, 1.807) is 7.11 Å². The fourth-order valence-electron chi connectivity index (χ4n) is 2.80. The molecule has 0 bridgehead atoms. The topological polar surface area (TPSA) is 38.5 Å². The second-order valence-electron chi connectivity index (χ2n) is 5.93. The third kappa shape index (κ3) is 3.46. The van der Waals surface area contributed by atoms with Crippen molar-refractivity contribution in [2.45, 2.75) is 38.8 Å². The maximum Gasteiger partial charge on any atom is 0.125 e. The minimum absolute atomic E-state index is 0.133. The van der Waals surface area contributed by atoms with Crippen LogP contribution >= 0.6 is 11.6 Å². The standard InChI is InChI=1S/C16H25ClN2O/c1-11(2)10-19(12-7-8-12)14(9-18)16-13(17)5-4-6-15(16)20-3/h4-6,11-12,14H,7-10,18H2,1-3H3. The van der Waals surface area contributed by atoms with Crippen LogP contribution in [0.3, 0.4) is 0 Å². The van der Waals surface area contributed by atoms with Gasteiger partial charge in [-0.25, -0.2) is 0 Å². The molecule has 1 aromatic carbocycles. The molecule has 2 N–H and O–H groups in total. The van der Waals surface area contributed by atoms with Gasteiger partial charge in [-0.2, -0.15) is 0 Å². The molecule has 3 nitrogen and oxygen atoms in total. The maximum absolute atomic E-state index is 6.43. The van der Waals surface area contributed by atoms with Crippen LogP contribution in [0.25, 0.3) is 0 Å². The Morgan fingerprint density at radius 2 is 2.10 bits per heavy atom. The first kappa shape index (κ1) is 15.6. The highest BCUT2D eigenvalue weighted by Gasteiger charge is 2.36. The third-order valence-electron chi connectivity index (χ3n) is 3.78. The van der Waals surface area contributed by atoms with Crippen molar-refractivity contribution in [3.63, 3.8) is 0 Å². The van der Waals surface area contributed by atoms with Crippen LogP contribution in [0.4, 0.5) is 0 Å². The van der Waals surface area contributed by atoms with E-state index in [-0.39, 0.29) is 6.04 Å². The second-order valence-corrected chi connectivity index (χ2v) is 6.34. The smallest absolute Gasteiger partial charge is 0.125 e. The van der Waals surface area contributed by atoms with Gasteiger partial charge in [-0.1, -0.05) is 31.5 Å². The summed E-state index contributed by atoms with van der Waals surface area (Å²) in [6.45, 7) is 6.09. The van der Waals surface area contributed by atoms with Gasteiger partial charge in [-0.15, -0.1) is 0 Å². The van der Waals surface area contributed by atoms with Crippen LogP contribution in [-0.2, 0) is 0 Å². The highest BCUT2D eigenvalue weighted by molar-refractivity contribution is 6.31. The van der Waals surface area contributed by atoms with Crippen molar-refractivity contribution in [3.05, 3.63) is 28.8 Å². The van der Waals surface area contributed by atoms with Crippen LogP contribution in [-0.4, -0.2) is 31.1 Å². The molecule has 1 aromatic rings. The number of hydrogen-bond donors (Lipinski definition) is 1. The van der Waals surface area contributed by atoms with Crippen molar-refractivity contribution >= 4 is 11.6 Å². The average molecular weight is 297 g/mol. The Labute approximate surface area is 127 Å². The van der Waals surface area contributed by atoms with E-state index in [0.29, 0.717) is 18.5 Å². The van der Waals surface area contributed by atoms with Gasteiger partial charge in [0.05, 0.1) is 13.2 Å². The predicted molar refractivity (Wildman–Crippen MR) is 84.4 cm³/mol. The van der Waals surface area contributed by atoms with Gasteiger partial charge in [0.25, 0.3) is 0 Å². The fourth-order valence-corrected chi connectivity index (χ4v) is 3.09. The van der Waals surface area contributed by atoms with Gasteiger partial charge < -0.3 is 10.5 Å². The number of halogens is 1. The van der Waals surface area contributed by atoms with Crippen LogP contribution in [0.5, 0.6) is 5.75 Å². The summed E-state index contributed by atoms with van der Waals surface area (Å²) >= 11 is 6.43. The van der Waals surface area contributed by atoms with E-state index in [2.05, 4.69) is 18.7 Å². The van der Waals surface area contributed by atoms with Gasteiger partial charge in [-0.3, -0.25) is 4.90 Å². The Balaban J connectivity index is 2.34. The van der Waals surface area contributed by atoms with Crippen molar-refractivity contribution < 1.29 is 4.74 Å². The van der Waals surface area contributed by atoms with E-state index in [0.717, 1.165) is 22.9 Å². The number of ether oxygens (including phenoxy) is 1. The van der Waals surface area contributed by atoms with Crippen LogP contribution in [0.15, 0.2) is 18.2 Å². The maximum atomic E-state index is 6.43. The lowest BCUT2D eigenvalue weighted by molar-refractivity contribution is 0.167. The Bertz CT molecular complexity index is 446. The summed E-state index contributed by atoms with van der Waals surface area (Å²) in [4.78, 5) is 2.51. The first-order valence-corrected chi connectivity index (χ1v) is 7.74. The van der Waals surface area contributed by atoms with Crippen molar-refractivity contribution in [1.29, 1.82) is 0 Å². The zero-order valence-corrected chi connectivity index (χ0v) is 13.4. The number of methoxy groups -OCH3 is 1. The monoisotopic (exact) mass is 296 g/mol. The lowest BCUT2D eigenvalue weighted by Crippen LogP contribution is -2.38. The zero-order valence-electron chi connectivity index (χ0n) is 12.6. The quantitative estimate of drug-likeness (QED) is 0.837. The van der Waals surface area contributed by atoms with Crippen molar-refractivity contribution in [3.8, 4) is 5.75 Å². The Hall–Kier alpha value is -0.770. The molecule has 1 aliphatic rings. The lowest BCUT2D eigenvalue weighted by Gasteiger charge is -2.34. The van der Waals surface area contributed by atoms with Gasteiger partial charge in [0.2, 0.25) is 0 Å². The number of rotatable bonds is 7. The minimum atomic E-state index is 0.133. The number of benzene rings is 1. The third-order valence-corrected chi connectivity index (χ3v) is 4.11. The summed E-state index contributed by atoms with van der Waals surface area (Å²) in [7, 11) is 1.69. The normalized spacial score (nSPS) is 16.8. The summed E-state index contributed by atoms with van der Waals surface area (Å²) in [6, 6.07) is 6.58. The molecule has 20 heavy (non-hydrogen) atoms. The summed E-state index contributed by atoms with van der Waals surface area (Å²) in [5.74, 6) is 1.44. The fraction of sp³-hybridized carbons (Fsp3) is 0.625. The molecule has 0 spiro atoms. The molecule has 0 radical (unpaired) electrons. The Morgan fingerprint density at radius 1 is 1.40 bits per heavy atom. The van der Waals surface area contributed by atoms with E-state index in [9.17, 15) is 0 Å². The molecule has 0 amide bonds. The number of nitrogens with two attached hydrogens (primary N) is 1. The molecule has 0 heterocycles. The van der Waals surface area contributed by atoms with E-state index < -0.39 is 0 Å². The molecule has 1 atom stereocenters. The molecule has 0 saturated heterocycles. The highest BCUT2D eigenvalue weighted by atomic mass is 35.5. The molecule has 0 aromatic heterocycles. The van der Waals surface area contributed by atoms with Crippen molar-refractivity contribution in [2.75, 3.05) is 20.2 Å². The highest BCUT2D eigenvalue weighted by Crippen LogP contribution is 2.40. The van der Waals surface area contributed by atoms with Crippen LogP contribution < -0.4 is 10.5 Å². The molecule has 112 valence electrons. The SMILES string of the molecule is COc1cccc(Cl)c1C(CN)N(CC(C)C)C1CC1. The minimum Gasteiger partial charge on any atom is -0.496 e.